The number of carbonyl (C=O) groups excluding carboxylic acids is 2. The Labute approximate surface area is 185 Å². The molecule has 0 radical (unpaired) electrons. The van der Waals surface area contributed by atoms with Gasteiger partial charge in [0.25, 0.3) is 11.8 Å². The van der Waals surface area contributed by atoms with Gasteiger partial charge in [-0.1, -0.05) is 23.7 Å². The summed E-state index contributed by atoms with van der Waals surface area (Å²) in [6.07, 6.45) is 3.83. The molecular weight excluding hydrogens is 414 g/mol. The second-order valence-corrected chi connectivity index (χ2v) is 8.70. The Hall–Kier alpha value is -2.93. The molecule has 31 heavy (non-hydrogen) atoms. The van der Waals surface area contributed by atoms with Crippen molar-refractivity contribution in [1.29, 1.82) is 0 Å². The topological polar surface area (TPSA) is 80.1 Å². The second-order valence-electron chi connectivity index (χ2n) is 8.29. The van der Waals surface area contributed by atoms with Crippen molar-refractivity contribution in [3.8, 4) is 0 Å². The van der Waals surface area contributed by atoms with Crippen LogP contribution in [0.15, 0.2) is 30.3 Å². The predicted molar refractivity (Wildman–Crippen MR) is 118 cm³/mol. The number of carbonyl (C=O) groups is 2. The van der Waals surface area contributed by atoms with Crippen LogP contribution in [0.3, 0.4) is 0 Å². The van der Waals surface area contributed by atoms with Gasteiger partial charge in [-0.05, 0) is 43.9 Å². The first-order chi connectivity index (χ1) is 15.0. The molecule has 1 aliphatic heterocycles. The molecule has 160 valence electrons. The number of benzene rings is 1. The molecule has 1 aromatic carbocycles. The number of hydrogen-bond acceptors (Lipinski definition) is 4. The van der Waals surface area contributed by atoms with E-state index in [1.165, 1.54) is 0 Å². The van der Waals surface area contributed by atoms with Crippen LogP contribution in [-0.4, -0.2) is 45.1 Å². The first kappa shape index (κ1) is 20.0. The number of hydrogen-bond donors (Lipinski definition) is 1. The molecule has 3 aromatic rings. The van der Waals surface area contributed by atoms with Gasteiger partial charge in [0, 0.05) is 32.3 Å². The maximum atomic E-state index is 13.3. The number of amides is 2. The molecule has 7 nitrogen and oxygen atoms in total. The van der Waals surface area contributed by atoms with Gasteiger partial charge in [-0.2, -0.15) is 5.10 Å². The number of aromatic nitrogens is 3. The molecule has 1 saturated carbocycles. The van der Waals surface area contributed by atoms with Gasteiger partial charge in [0.15, 0.2) is 5.65 Å². The summed E-state index contributed by atoms with van der Waals surface area (Å²) in [5.74, 6) is 0.136. The molecule has 2 aromatic heterocycles. The number of pyridine rings is 1. The van der Waals surface area contributed by atoms with Crippen LogP contribution in [-0.2, 0) is 7.05 Å². The predicted octanol–water partition coefficient (Wildman–Crippen LogP) is 3.84. The average molecular weight is 438 g/mol. The Morgan fingerprint density at radius 3 is 2.65 bits per heavy atom. The second kappa shape index (κ2) is 7.64. The highest BCUT2D eigenvalue weighted by Crippen LogP contribution is 2.42. The lowest BCUT2D eigenvalue weighted by molar-refractivity contribution is 0.0733. The number of aryl methyl sites for hydroxylation is 1. The van der Waals surface area contributed by atoms with Crippen LogP contribution in [0.2, 0.25) is 5.02 Å². The fourth-order valence-electron chi connectivity index (χ4n) is 4.52. The fourth-order valence-corrected chi connectivity index (χ4v) is 4.73. The van der Waals surface area contributed by atoms with Gasteiger partial charge in [-0.25, -0.2) is 4.98 Å². The molecule has 0 bridgehead atoms. The highest BCUT2D eigenvalue weighted by atomic mass is 35.5. The Bertz CT molecular complexity index is 1200. The smallest absolute Gasteiger partial charge is 0.255 e. The van der Waals surface area contributed by atoms with Crippen LogP contribution in [0.4, 0.5) is 0 Å². The Morgan fingerprint density at radius 1 is 1.16 bits per heavy atom. The van der Waals surface area contributed by atoms with Gasteiger partial charge in [0.1, 0.15) is 0 Å². The summed E-state index contributed by atoms with van der Waals surface area (Å²) < 4.78 is 1.74. The van der Waals surface area contributed by atoms with E-state index in [4.69, 9.17) is 21.7 Å². The number of rotatable bonds is 4. The lowest BCUT2D eigenvalue weighted by Gasteiger charge is -2.24. The van der Waals surface area contributed by atoms with Gasteiger partial charge in [-0.15, -0.1) is 0 Å². The molecule has 1 N–H and O–H groups in total. The van der Waals surface area contributed by atoms with Crippen LogP contribution >= 0.6 is 11.6 Å². The summed E-state index contributed by atoms with van der Waals surface area (Å²) in [6.45, 7) is 0.621. The van der Waals surface area contributed by atoms with E-state index in [9.17, 15) is 9.59 Å². The highest BCUT2D eigenvalue weighted by molar-refractivity contribution is 6.33. The van der Waals surface area contributed by atoms with E-state index in [0.717, 1.165) is 42.5 Å². The summed E-state index contributed by atoms with van der Waals surface area (Å²) in [7, 11) is 3.47. The number of fused-ring (bicyclic) bond motifs is 1. The number of nitrogens with one attached hydrogen (secondary N) is 1. The minimum atomic E-state index is -0.232. The molecule has 0 spiro atoms. The van der Waals surface area contributed by atoms with E-state index in [-0.39, 0.29) is 17.9 Å². The normalized spacial score (nSPS) is 18.5. The van der Waals surface area contributed by atoms with Gasteiger partial charge < -0.3 is 10.2 Å². The standard InChI is InChI=1S/C23H24ClN5O2/c1-25-22(30)15-12-17(13-9-10-13)26-21-19(15)20(27-28(21)2)18-8-5-11-29(18)23(31)14-6-3-4-7-16(14)24/h3-4,6-7,12-13,18H,5,8-11H2,1-2H3,(H,25,30). The lowest BCUT2D eigenvalue weighted by atomic mass is 10.0. The molecule has 5 rings (SSSR count). The number of halogens is 1. The summed E-state index contributed by atoms with van der Waals surface area (Å²) in [5.41, 5.74) is 3.42. The molecule has 1 atom stereocenters. The molecule has 2 fully saturated rings. The van der Waals surface area contributed by atoms with Crippen molar-refractivity contribution >= 4 is 34.4 Å². The fraction of sp³-hybridized carbons (Fsp3) is 0.391. The van der Waals surface area contributed by atoms with E-state index in [0.29, 0.717) is 34.3 Å². The van der Waals surface area contributed by atoms with E-state index < -0.39 is 0 Å². The third kappa shape index (κ3) is 3.37. The molecule has 3 heterocycles. The monoisotopic (exact) mass is 437 g/mol. The minimum Gasteiger partial charge on any atom is -0.355 e. The molecule has 1 aliphatic carbocycles. The third-order valence-corrected chi connectivity index (χ3v) is 6.57. The zero-order valence-corrected chi connectivity index (χ0v) is 18.3. The summed E-state index contributed by atoms with van der Waals surface area (Å²) in [5, 5.41) is 8.69. The molecule has 1 unspecified atom stereocenters. The first-order valence-electron chi connectivity index (χ1n) is 10.6. The van der Waals surface area contributed by atoms with Gasteiger partial charge in [-0.3, -0.25) is 14.3 Å². The molecule has 8 heteroatoms. The minimum absolute atomic E-state index is 0.115. The zero-order valence-electron chi connectivity index (χ0n) is 17.6. The largest absolute Gasteiger partial charge is 0.355 e. The summed E-state index contributed by atoms with van der Waals surface area (Å²) >= 11 is 6.30. The third-order valence-electron chi connectivity index (χ3n) is 6.24. The number of likely N-dealkylation sites (tertiary alicyclic amines) is 1. The Kier molecular flexibility index (Phi) is 4.93. The molecule has 2 amide bonds. The van der Waals surface area contributed by atoms with E-state index in [1.807, 2.05) is 30.1 Å². The van der Waals surface area contributed by atoms with Crippen LogP contribution in [0.5, 0.6) is 0 Å². The van der Waals surface area contributed by atoms with Crippen molar-refractivity contribution in [3.05, 3.63) is 57.9 Å². The van der Waals surface area contributed by atoms with Crippen molar-refractivity contribution in [1.82, 2.24) is 25.0 Å². The van der Waals surface area contributed by atoms with Gasteiger partial charge in [0.2, 0.25) is 0 Å². The van der Waals surface area contributed by atoms with Crippen molar-refractivity contribution in [2.75, 3.05) is 13.6 Å². The maximum absolute atomic E-state index is 13.3. The van der Waals surface area contributed by atoms with E-state index in [2.05, 4.69) is 5.32 Å². The van der Waals surface area contributed by atoms with E-state index in [1.54, 1.807) is 23.9 Å². The quantitative estimate of drug-likeness (QED) is 0.672. The molecule has 1 saturated heterocycles. The van der Waals surface area contributed by atoms with Crippen LogP contribution < -0.4 is 5.32 Å². The maximum Gasteiger partial charge on any atom is 0.255 e. The first-order valence-corrected chi connectivity index (χ1v) is 11.0. The van der Waals surface area contributed by atoms with Crippen molar-refractivity contribution in [3.63, 3.8) is 0 Å². The Morgan fingerprint density at radius 2 is 1.94 bits per heavy atom. The van der Waals surface area contributed by atoms with Gasteiger partial charge in [0.05, 0.1) is 33.3 Å². The van der Waals surface area contributed by atoms with E-state index >= 15 is 0 Å². The van der Waals surface area contributed by atoms with Crippen LogP contribution in [0, 0.1) is 0 Å². The zero-order chi connectivity index (χ0) is 21.7. The lowest BCUT2D eigenvalue weighted by Crippen LogP contribution is -2.31. The van der Waals surface area contributed by atoms with Crippen LogP contribution in [0.1, 0.15) is 69.7 Å². The van der Waals surface area contributed by atoms with Crippen molar-refractivity contribution in [2.45, 2.75) is 37.6 Å². The molecule has 2 aliphatic rings. The number of nitrogens with zero attached hydrogens (tertiary/aromatic N) is 4. The summed E-state index contributed by atoms with van der Waals surface area (Å²) in [6, 6.07) is 8.77. The van der Waals surface area contributed by atoms with Crippen molar-refractivity contribution in [2.24, 2.45) is 7.05 Å². The van der Waals surface area contributed by atoms with Crippen LogP contribution in [0.25, 0.3) is 11.0 Å². The summed E-state index contributed by atoms with van der Waals surface area (Å²) in [4.78, 5) is 32.8. The highest BCUT2D eigenvalue weighted by Gasteiger charge is 2.36. The van der Waals surface area contributed by atoms with Crippen molar-refractivity contribution < 1.29 is 9.59 Å². The average Bonchev–Trinajstić information content (AvgIpc) is 3.43. The Balaban J connectivity index is 1.63. The van der Waals surface area contributed by atoms with Gasteiger partial charge >= 0.3 is 0 Å². The molecular formula is C23H24ClN5O2. The SMILES string of the molecule is CNC(=O)c1cc(C2CC2)nc2c1c(C1CCCN1C(=O)c1ccccc1Cl)nn2C.